The van der Waals surface area contributed by atoms with Crippen LogP contribution in [0.4, 0.5) is 13.2 Å². The van der Waals surface area contributed by atoms with Crippen molar-refractivity contribution in [1.29, 1.82) is 0 Å². The minimum Gasteiger partial charge on any atom is -0.337 e. The van der Waals surface area contributed by atoms with Gasteiger partial charge in [0.1, 0.15) is 0 Å². The second-order valence-electron chi connectivity index (χ2n) is 5.81. The average Bonchev–Trinajstić information content (AvgIpc) is 3.10. The number of hydrogen-bond acceptors (Lipinski definition) is 5. The van der Waals surface area contributed by atoms with Crippen molar-refractivity contribution in [3.8, 4) is 5.82 Å². The zero-order valence-corrected chi connectivity index (χ0v) is 13.5. The third kappa shape index (κ3) is 3.78. The Morgan fingerprint density at radius 1 is 1.28 bits per heavy atom. The summed E-state index contributed by atoms with van der Waals surface area (Å²) in [5, 5.41) is 10.8. The molecule has 3 heterocycles. The zero-order valence-electron chi connectivity index (χ0n) is 13.5. The van der Waals surface area contributed by atoms with Crippen LogP contribution in [-0.4, -0.2) is 57.0 Å². The summed E-state index contributed by atoms with van der Waals surface area (Å²) < 4.78 is 38.9. The van der Waals surface area contributed by atoms with Gasteiger partial charge in [-0.05, 0) is 32.0 Å². The maximum Gasteiger partial charge on any atom is 0.417 e. The van der Waals surface area contributed by atoms with Crippen LogP contribution >= 0.6 is 0 Å². The molecule has 0 radical (unpaired) electrons. The first-order chi connectivity index (χ1) is 11.9. The largest absolute Gasteiger partial charge is 0.417 e. The van der Waals surface area contributed by atoms with Crippen molar-refractivity contribution in [2.24, 2.45) is 0 Å². The molecule has 134 valence electrons. The fourth-order valence-corrected chi connectivity index (χ4v) is 2.70. The van der Waals surface area contributed by atoms with Gasteiger partial charge in [-0.2, -0.15) is 13.2 Å². The molecule has 2 aromatic rings. The number of amides is 1. The van der Waals surface area contributed by atoms with E-state index >= 15 is 0 Å². The van der Waals surface area contributed by atoms with E-state index in [4.69, 9.17) is 0 Å². The van der Waals surface area contributed by atoms with Gasteiger partial charge in [-0.1, -0.05) is 5.21 Å². The SMILES string of the molecule is CNC1CCN(C(=O)c2cn(-c3ccc(C(F)(F)F)cn3)nn2)CC1. The summed E-state index contributed by atoms with van der Waals surface area (Å²) in [6, 6.07) is 2.49. The Bertz CT molecular complexity index is 734. The first-order valence-corrected chi connectivity index (χ1v) is 7.81. The minimum atomic E-state index is -4.45. The molecule has 0 atom stereocenters. The molecule has 0 spiro atoms. The van der Waals surface area contributed by atoms with E-state index in [1.54, 1.807) is 4.90 Å². The van der Waals surface area contributed by atoms with Crippen LogP contribution in [0.25, 0.3) is 5.82 Å². The van der Waals surface area contributed by atoms with Crippen molar-refractivity contribution < 1.29 is 18.0 Å². The maximum absolute atomic E-state index is 12.6. The molecule has 3 rings (SSSR count). The Morgan fingerprint density at radius 2 is 2.00 bits per heavy atom. The van der Waals surface area contributed by atoms with Crippen molar-refractivity contribution >= 4 is 5.91 Å². The highest BCUT2D eigenvalue weighted by Crippen LogP contribution is 2.28. The van der Waals surface area contributed by atoms with Crippen LogP contribution in [0.5, 0.6) is 0 Å². The fourth-order valence-electron chi connectivity index (χ4n) is 2.70. The second-order valence-corrected chi connectivity index (χ2v) is 5.81. The lowest BCUT2D eigenvalue weighted by Crippen LogP contribution is -2.44. The first-order valence-electron chi connectivity index (χ1n) is 7.81. The van der Waals surface area contributed by atoms with E-state index in [1.807, 2.05) is 7.05 Å². The lowest BCUT2D eigenvalue weighted by atomic mass is 10.1. The van der Waals surface area contributed by atoms with Crippen molar-refractivity contribution in [3.63, 3.8) is 0 Å². The third-order valence-electron chi connectivity index (χ3n) is 4.21. The van der Waals surface area contributed by atoms with Crippen LogP contribution in [0.2, 0.25) is 0 Å². The molecular weight excluding hydrogens is 337 g/mol. The number of rotatable bonds is 3. The van der Waals surface area contributed by atoms with E-state index < -0.39 is 11.7 Å². The number of alkyl halides is 3. The zero-order chi connectivity index (χ0) is 18.0. The standard InChI is InChI=1S/C15H17F3N6O/c1-19-11-4-6-23(7-5-11)14(25)12-9-24(22-21-12)13-3-2-10(8-20-13)15(16,17)18/h2-3,8-9,11,19H,4-7H2,1H3. The van der Waals surface area contributed by atoms with Gasteiger partial charge in [0, 0.05) is 25.3 Å². The molecule has 0 saturated carbocycles. The van der Waals surface area contributed by atoms with Crippen LogP contribution < -0.4 is 5.32 Å². The van der Waals surface area contributed by atoms with Crippen LogP contribution in [0.1, 0.15) is 28.9 Å². The number of carbonyl (C=O) groups is 1. The number of pyridine rings is 1. The molecule has 0 unspecified atom stereocenters. The Labute approximate surface area is 141 Å². The molecule has 1 aliphatic rings. The number of nitrogens with one attached hydrogen (secondary N) is 1. The maximum atomic E-state index is 12.6. The van der Waals surface area contributed by atoms with Gasteiger partial charge in [0.05, 0.1) is 11.8 Å². The molecule has 7 nitrogen and oxygen atoms in total. The van der Waals surface area contributed by atoms with E-state index in [2.05, 4.69) is 20.6 Å². The molecule has 10 heteroatoms. The molecule has 1 N–H and O–H groups in total. The normalized spacial score (nSPS) is 16.2. The van der Waals surface area contributed by atoms with E-state index in [1.165, 1.54) is 16.9 Å². The summed E-state index contributed by atoms with van der Waals surface area (Å²) in [7, 11) is 1.89. The monoisotopic (exact) mass is 354 g/mol. The molecule has 1 fully saturated rings. The highest BCUT2D eigenvalue weighted by molar-refractivity contribution is 5.92. The third-order valence-corrected chi connectivity index (χ3v) is 4.21. The van der Waals surface area contributed by atoms with Crippen LogP contribution in [0, 0.1) is 0 Å². The predicted octanol–water partition coefficient (Wildman–Crippen LogP) is 1.51. The van der Waals surface area contributed by atoms with Crippen molar-refractivity contribution in [3.05, 3.63) is 35.8 Å². The first kappa shape index (κ1) is 17.3. The quantitative estimate of drug-likeness (QED) is 0.904. The summed E-state index contributed by atoms with van der Waals surface area (Å²) in [4.78, 5) is 17.9. The van der Waals surface area contributed by atoms with Gasteiger partial charge in [-0.3, -0.25) is 4.79 Å². The van der Waals surface area contributed by atoms with Crippen LogP contribution in [0.15, 0.2) is 24.5 Å². The van der Waals surface area contributed by atoms with Gasteiger partial charge in [-0.25, -0.2) is 9.67 Å². The molecule has 0 aliphatic carbocycles. The van der Waals surface area contributed by atoms with E-state index in [9.17, 15) is 18.0 Å². The number of halogens is 3. The van der Waals surface area contributed by atoms with E-state index in [0.717, 1.165) is 25.1 Å². The van der Waals surface area contributed by atoms with Gasteiger partial charge in [0.15, 0.2) is 11.5 Å². The summed E-state index contributed by atoms with van der Waals surface area (Å²) in [6.07, 6.45) is -0.634. The van der Waals surface area contributed by atoms with Gasteiger partial charge < -0.3 is 10.2 Å². The van der Waals surface area contributed by atoms with Gasteiger partial charge in [-0.15, -0.1) is 5.10 Å². The molecule has 1 saturated heterocycles. The average molecular weight is 354 g/mol. The van der Waals surface area contributed by atoms with E-state index in [-0.39, 0.29) is 17.4 Å². The smallest absolute Gasteiger partial charge is 0.337 e. The summed E-state index contributed by atoms with van der Waals surface area (Å²) in [6.45, 7) is 1.24. The summed E-state index contributed by atoms with van der Waals surface area (Å²) >= 11 is 0. The van der Waals surface area contributed by atoms with Gasteiger partial charge in [0.25, 0.3) is 5.91 Å². The molecular formula is C15H17F3N6O. The molecule has 1 aliphatic heterocycles. The van der Waals surface area contributed by atoms with E-state index in [0.29, 0.717) is 19.1 Å². The number of aromatic nitrogens is 4. The lowest BCUT2D eigenvalue weighted by molar-refractivity contribution is -0.137. The molecule has 1 amide bonds. The highest BCUT2D eigenvalue weighted by atomic mass is 19.4. The van der Waals surface area contributed by atoms with Crippen molar-refractivity contribution in [1.82, 2.24) is 30.2 Å². The number of carbonyl (C=O) groups excluding carboxylic acids is 1. The lowest BCUT2D eigenvalue weighted by Gasteiger charge is -2.31. The number of hydrogen-bond donors (Lipinski definition) is 1. The number of piperidine rings is 1. The van der Waals surface area contributed by atoms with Crippen LogP contribution in [-0.2, 0) is 6.18 Å². The summed E-state index contributed by atoms with van der Waals surface area (Å²) in [5.41, 5.74) is -0.704. The Hall–Kier alpha value is -2.49. The predicted molar refractivity (Wildman–Crippen MR) is 82.1 cm³/mol. The van der Waals surface area contributed by atoms with Gasteiger partial charge >= 0.3 is 6.18 Å². The molecule has 0 aromatic carbocycles. The Balaban J connectivity index is 1.71. The second kappa shape index (κ2) is 6.79. The number of likely N-dealkylation sites (tertiary alicyclic amines) is 1. The minimum absolute atomic E-state index is 0.143. The summed E-state index contributed by atoms with van der Waals surface area (Å²) in [5.74, 6) is -0.0823. The molecule has 0 bridgehead atoms. The van der Waals surface area contributed by atoms with Crippen molar-refractivity contribution in [2.75, 3.05) is 20.1 Å². The highest BCUT2D eigenvalue weighted by Gasteiger charge is 2.31. The van der Waals surface area contributed by atoms with Gasteiger partial charge in [0.2, 0.25) is 0 Å². The topological polar surface area (TPSA) is 75.9 Å². The fraction of sp³-hybridized carbons (Fsp3) is 0.467. The number of nitrogens with zero attached hydrogens (tertiary/aromatic N) is 5. The Kier molecular flexibility index (Phi) is 4.71. The molecule has 2 aromatic heterocycles. The van der Waals surface area contributed by atoms with Crippen LogP contribution in [0.3, 0.4) is 0 Å². The Morgan fingerprint density at radius 3 is 2.56 bits per heavy atom. The van der Waals surface area contributed by atoms with Crippen molar-refractivity contribution in [2.45, 2.75) is 25.1 Å². The molecule has 25 heavy (non-hydrogen) atoms.